The molecule has 1 amide bonds. The van der Waals surface area contributed by atoms with Crippen molar-refractivity contribution in [3.8, 4) is 0 Å². The topological polar surface area (TPSA) is 66.5 Å². The van der Waals surface area contributed by atoms with Crippen molar-refractivity contribution in [2.75, 3.05) is 11.4 Å². The minimum Gasteiger partial charge on any atom is -0.308 e. The van der Waals surface area contributed by atoms with E-state index in [0.717, 1.165) is 34.6 Å². The Hall–Kier alpha value is -1.90. The van der Waals surface area contributed by atoms with Crippen molar-refractivity contribution < 1.29 is 13.2 Å². The predicted molar refractivity (Wildman–Crippen MR) is 117 cm³/mol. The highest BCUT2D eigenvalue weighted by atomic mass is 35.5. The first-order valence-corrected chi connectivity index (χ1v) is 11.8. The Morgan fingerprint density at radius 2 is 1.83 bits per heavy atom. The molecule has 4 rings (SSSR count). The predicted octanol–water partition coefficient (Wildman–Crippen LogP) is 4.74. The van der Waals surface area contributed by atoms with Gasteiger partial charge in [-0.25, -0.2) is 13.1 Å². The lowest BCUT2D eigenvalue weighted by Gasteiger charge is -2.18. The van der Waals surface area contributed by atoms with Crippen LogP contribution in [0.15, 0.2) is 58.8 Å². The maximum Gasteiger partial charge on any atom is 0.258 e. The van der Waals surface area contributed by atoms with Gasteiger partial charge in [0.05, 0.1) is 4.34 Å². The third-order valence-corrected chi connectivity index (χ3v) is 8.03. The van der Waals surface area contributed by atoms with E-state index in [4.69, 9.17) is 23.2 Å². The minimum atomic E-state index is -3.61. The number of thiophene rings is 1. The van der Waals surface area contributed by atoms with Gasteiger partial charge in [-0.3, -0.25) is 4.79 Å². The first-order valence-electron chi connectivity index (χ1n) is 8.78. The van der Waals surface area contributed by atoms with E-state index in [0.29, 0.717) is 21.5 Å². The van der Waals surface area contributed by atoms with Crippen molar-refractivity contribution in [2.45, 2.75) is 17.2 Å². The molecule has 0 saturated heterocycles. The average molecular weight is 467 g/mol. The van der Waals surface area contributed by atoms with Crippen LogP contribution < -0.4 is 9.62 Å². The zero-order valence-electron chi connectivity index (χ0n) is 15.1. The van der Waals surface area contributed by atoms with Crippen LogP contribution in [0, 0.1) is 0 Å². The number of nitrogens with one attached hydrogen (secondary N) is 1. The zero-order chi connectivity index (χ0) is 20.6. The third kappa shape index (κ3) is 4.34. The van der Waals surface area contributed by atoms with E-state index < -0.39 is 10.0 Å². The molecular weight excluding hydrogens is 451 g/mol. The molecule has 0 unspecified atom stereocenters. The molecule has 1 aliphatic heterocycles. The fraction of sp³-hybridized carbons (Fsp3) is 0.150. The molecule has 0 spiro atoms. The number of benzene rings is 2. The van der Waals surface area contributed by atoms with Crippen LogP contribution in [0.1, 0.15) is 21.5 Å². The van der Waals surface area contributed by atoms with Gasteiger partial charge >= 0.3 is 0 Å². The van der Waals surface area contributed by atoms with Gasteiger partial charge in [-0.05, 0) is 60.0 Å². The van der Waals surface area contributed by atoms with Crippen LogP contribution in [0.4, 0.5) is 5.69 Å². The Kier molecular flexibility index (Phi) is 5.68. The molecule has 9 heteroatoms. The summed E-state index contributed by atoms with van der Waals surface area (Å²) in [4.78, 5) is 14.5. The maximum absolute atomic E-state index is 12.8. The van der Waals surface area contributed by atoms with Gasteiger partial charge in [0.25, 0.3) is 5.91 Å². The Labute approximate surface area is 182 Å². The summed E-state index contributed by atoms with van der Waals surface area (Å²) in [5.41, 5.74) is 3.27. The van der Waals surface area contributed by atoms with Gasteiger partial charge in [0.1, 0.15) is 4.21 Å². The first-order chi connectivity index (χ1) is 13.8. The highest BCUT2D eigenvalue weighted by Gasteiger charge is 2.26. The molecule has 3 aromatic rings. The Morgan fingerprint density at radius 1 is 1.07 bits per heavy atom. The van der Waals surface area contributed by atoms with Crippen molar-refractivity contribution in [3.05, 3.63) is 80.6 Å². The molecule has 1 aliphatic rings. The summed E-state index contributed by atoms with van der Waals surface area (Å²) in [5.74, 6) is -0.0801. The van der Waals surface area contributed by atoms with E-state index in [1.54, 1.807) is 35.2 Å². The Bertz CT molecular complexity index is 1170. The van der Waals surface area contributed by atoms with Gasteiger partial charge < -0.3 is 4.90 Å². The van der Waals surface area contributed by atoms with Gasteiger partial charge in [0.15, 0.2) is 0 Å². The number of rotatable bonds is 5. The summed E-state index contributed by atoms with van der Waals surface area (Å²) in [7, 11) is -3.61. The summed E-state index contributed by atoms with van der Waals surface area (Å²) >= 11 is 12.7. The van der Waals surface area contributed by atoms with E-state index in [9.17, 15) is 13.2 Å². The standard InChI is InChI=1S/C20H16Cl2N2O3S2/c21-16-4-2-14(3-5-16)20(25)24-10-9-15-11-13(1-6-17(15)24)12-23-29(26,27)19-8-7-18(22)28-19/h1-8,11,23H,9-10,12H2. The molecule has 5 nitrogen and oxygen atoms in total. The number of anilines is 1. The van der Waals surface area contributed by atoms with Crippen LogP contribution in [-0.2, 0) is 23.0 Å². The first kappa shape index (κ1) is 20.4. The molecule has 0 radical (unpaired) electrons. The quantitative estimate of drug-likeness (QED) is 0.590. The van der Waals surface area contributed by atoms with Crippen molar-refractivity contribution in [1.82, 2.24) is 4.72 Å². The summed E-state index contributed by atoms with van der Waals surface area (Å²) in [6.07, 6.45) is 0.718. The molecule has 2 aromatic carbocycles. The highest BCUT2D eigenvalue weighted by Crippen LogP contribution is 2.31. The lowest BCUT2D eigenvalue weighted by molar-refractivity contribution is 0.0989. The normalized spacial score (nSPS) is 13.5. The van der Waals surface area contributed by atoms with Crippen LogP contribution >= 0.6 is 34.5 Å². The SMILES string of the molecule is O=C(c1ccc(Cl)cc1)N1CCc2cc(CNS(=O)(=O)c3ccc(Cl)s3)ccc21. The molecule has 0 aliphatic carbocycles. The number of carbonyl (C=O) groups excluding carboxylic acids is 1. The Balaban J connectivity index is 1.48. The van der Waals surface area contributed by atoms with Crippen molar-refractivity contribution >= 4 is 56.2 Å². The fourth-order valence-corrected chi connectivity index (χ4v) is 5.89. The van der Waals surface area contributed by atoms with Gasteiger partial charge in [-0.1, -0.05) is 35.3 Å². The molecule has 0 fully saturated rings. The lowest BCUT2D eigenvalue weighted by atomic mass is 10.1. The summed E-state index contributed by atoms with van der Waals surface area (Å²) in [6, 6.07) is 15.5. The summed E-state index contributed by atoms with van der Waals surface area (Å²) < 4.78 is 27.9. The zero-order valence-corrected chi connectivity index (χ0v) is 18.2. The number of carbonyl (C=O) groups is 1. The van der Waals surface area contributed by atoms with Crippen LogP contribution in [0.3, 0.4) is 0 Å². The molecule has 1 N–H and O–H groups in total. The molecular formula is C20H16Cl2N2O3S2. The van der Waals surface area contributed by atoms with E-state index in [2.05, 4.69) is 4.72 Å². The third-order valence-electron chi connectivity index (χ3n) is 4.66. The van der Waals surface area contributed by atoms with E-state index in [1.165, 1.54) is 6.07 Å². The number of sulfonamides is 1. The maximum atomic E-state index is 12.8. The van der Waals surface area contributed by atoms with Crippen LogP contribution in [0.5, 0.6) is 0 Å². The largest absolute Gasteiger partial charge is 0.308 e. The molecule has 0 saturated carbocycles. The van der Waals surface area contributed by atoms with Gasteiger partial charge in [-0.15, -0.1) is 11.3 Å². The average Bonchev–Trinajstić information content (AvgIpc) is 3.33. The summed E-state index contributed by atoms with van der Waals surface area (Å²) in [5, 5.41) is 0.584. The molecule has 2 heterocycles. The smallest absolute Gasteiger partial charge is 0.258 e. The van der Waals surface area contributed by atoms with Crippen LogP contribution in [0.2, 0.25) is 9.36 Å². The number of hydrogen-bond acceptors (Lipinski definition) is 4. The second kappa shape index (κ2) is 8.08. The fourth-order valence-electron chi connectivity index (χ4n) is 3.22. The second-order valence-electron chi connectivity index (χ2n) is 6.56. The number of fused-ring (bicyclic) bond motifs is 1. The number of hydrogen-bond donors (Lipinski definition) is 1. The van der Waals surface area contributed by atoms with Crippen molar-refractivity contribution in [1.29, 1.82) is 0 Å². The van der Waals surface area contributed by atoms with Crippen LogP contribution in [-0.4, -0.2) is 20.9 Å². The highest BCUT2D eigenvalue weighted by molar-refractivity contribution is 7.91. The van der Waals surface area contributed by atoms with Gasteiger partial charge in [-0.2, -0.15) is 0 Å². The summed E-state index contributed by atoms with van der Waals surface area (Å²) in [6.45, 7) is 0.746. The lowest BCUT2D eigenvalue weighted by Crippen LogP contribution is -2.28. The minimum absolute atomic E-state index is 0.0801. The molecule has 150 valence electrons. The molecule has 0 bridgehead atoms. The van der Waals surface area contributed by atoms with Crippen molar-refractivity contribution in [3.63, 3.8) is 0 Å². The van der Waals surface area contributed by atoms with Gasteiger partial charge in [0, 0.05) is 29.4 Å². The van der Waals surface area contributed by atoms with E-state index >= 15 is 0 Å². The molecule has 0 atom stereocenters. The van der Waals surface area contributed by atoms with Crippen molar-refractivity contribution in [2.24, 2.45) is 0 Å². The van der Waals surface area contributed by atoms with E-state index in [-0.39, 0.29) is 16.7 Å². The molecule has 29 heavy (non-hydrogen) atoms. The number of amides is 1. The second-order valence-corrected chi connectivity index (χ2v) is 10.7. The van der Waals surface area contributed by atoms with Gasteiger partial charge in [0.2, 0.25) is 10.0 Å². The Morgan fingerprint density at radius 3 is 2.52 bits per heavy atom. The molecule has 1 aromatic heterocycles. The number of halogens is 2. The van der Waals surface area contributed by atoms with E-state index in [1.807, 2.05) is 18.2 Å². The van der Waals surface area contributed by atoms with Crippen LogP contribution in [0.25, 0.3) is 0 Å². The number of nitrogens with zero attached hydrogens (tertiary/aromatic N) is 1. The monoisotopic (exact) mass is 466 g/mol.